The van der Waals surface area contributed by atoms with Gasteiger partial charge in [0.15, 0.2) is 6.61 Å². The number of thioether (sulfide) groups is 1. The number of amides is 3. The second kappa shape index (κ2) is 8.95. The summed E-state index contributed by atoms with van der Waals surface area (Å²) in [7, 11) is 0. The van der Waals surface area contributed by atoms with Gasteiger partial charge in [0, 0.05) is 25.4 Å². The van der Waals surface area contributed by atoms with Gasteiger partial charge in [0.25, 0.3) is 5.91 Å². The molecule has 2 aliphatic heterocycles. The Bertz CT molecular complexity index is 904. The van der Waals surface area contributed by atoms with Crippen LogP contribution in [0.1, 0.15) is 12.8 Å². The summed E-state index contributed by atoms with van der Waals surface area (Å²) in [4.78, 5) is 28.7. The molecule has 2 fully saturated rings. The summed E-state index contributed by atoms with van der Waals surface area (Å²) in [5.41, 5.74) is 0.174. The van der Waals surface area contributed by atoms with Crippen molar-refractivity contribution < 1.29 is 18.7 Å². The SMILES string of the molecule is O=C(Nc1ccccc1F)N1CCC2(CC1)SCCN2C(=O)COc1ccccc1. The number of likely N-dealkylation sites (tertiary alicyclic amines) is 1. The van der Waals surface area contributed by atoms with Gasteiger partial charge in [-0.1, -0.05) is 30.3 Å². The number of nitrogens with one attached hydrogen (secondary N) is 1. The lowest BCUT2D eigenvalue weighted by atomic mass is 10.0. The van der Waals surface area contributed by atoms with Gasteiger partial charge < -0.3 is 19.9 Å². The number of ether oxygens (including phenoxy) is 1. The van der Waals surface area contributed by atoms with Crippen molar-refractivity contribution in [3.63, 3.8) is 0 Å². The second-order valence-corrected chi connectivity index (χ2v) is 8.80. The van der Waals surface area contributed by atoms with E-state index in [0.29, 0.717) is 38.2 Å². The first-order valence-electron chi connectivity index (χ1n) is 10.0. The normalized spacial score (nSPS) is 17.8. The molecular formula is C22H24FN3O3S. The van der Waals surface area contributed by atoms with Gasteiger partial charge in [-0.3, -0.25) is 4.79 Å². The monoisotopic (exact) mass is 429 g/mol. The molecule has 3 amide bonds. The summed E-state index contributed by atoms with van der Waals surface area (Å²) < 4.78 is 19.4. The Labute approximate surface area is 179 Å². The van der Waals surface area contributed by atoms with Gasteiger partial charge in [0.2, 0.25) is 0 Å². The lowest BCUT2D eigenvalue weighted by Crippen LogP contribution is -2.55. The quantitative estimate of drug-likeness (QED) is 0.803. The van der Waals surface area contributed by atoms with Crippen LogP contribution >= 0.6 is 11.8 Å². The Morgan fingerprint density at radius 3 is 2.47 bits per heavy atom. The number of hydrogen-bond acceptors (Lipinski definition) is 4. The molecule has 2 aliphatic rings. The molecule has 2 aromatic carbocycles. The van der Waals surface area contributed by atoms with Crippen molar-refractivity contribution in [2.45, 2.75) is 17.7 Å². The Morgan fingerprint density at radius 1 is 1.03 bits per heavy atom. The molecule has 1 spiro atoms. The minimum atomic E-state index is -0.458. The third kappa shape index (κ3) is 4.38. The predicted octanol–water partition coefficient (Wildman–Crippen LogP) is 3.80. The van der Waals surface area contributed by atoms with Crippen molar-refractivity contribution in [2.24, 2.45) is 0 Å². The van der Waals surface area contributed by atoms with Crippen LogP contribution in [0.25, 0.3) is 0 Å². The van der Waals surface area contributed by atoms with E-state index in [4.69, 9.17) is 4.74 Å². The van der Waals surface area contributed by atoms with E-state index in [1.165, 1.54) is 6.07 Å². The van der Waals surface area contributed by atoms with Crippen LogP contribution in [0.4, 0.5) is 14.9 Å². The first kappa shape index (κ1) is 20.5. The second-order valence-electron chi connectivity index (χ2n) is 7.34. The van der Waals surface area contributed by atoms with E-state index in [-0.39, 0.29) is 29.1 Å². The molecule has 8 heteroatoms. The average Bonchev–Trinajstić information content (AvgIpc) is 3.18. The largest absolute Gasteiger partial charge is 0.484 e. The summed E-state index contributed by atoms with van der Waals surface area (Å²) in [6.45, 7) is 1.71. The molecule has 0 unspecified atom stereocenters. The van der Waals surface area contributed by atoms with E-state index in [2.05, 4.69) is 5.32 Å². The predicted molar refractivity (Wildman–Crippen MR) is 115 cm³/mol. The van der Waals surface area contributed by atoms with Gasteiger partial charge in [0.1, 0.15) is 11.6 Å². The lowest BCUT2D eigenvalue weighted by molar-refractivity contribution is -0.136. The number of benzene rings is 2. The van der Waals surface area contributed by atoms with Crippen molar-refractivity contribution in [3.8, 4) is 5.75 Å². The Morgan fingerprint density at radius 2 is 1.73 bits per heavy atom. The number of urea groups is 1. The van der Waals surface area contributed by atoms with Crippen molar-refractivity contribution in [2.75, 3.05) is 37.3 Å². The minimum Gasteiger partial charge on any atom is -0.484 e. The summed E-state index contributed by atoms with van der Waals surface area (Å²) in [6, 6.07) is 15.1. The molecule has 0 bridgehead atoms. The number of carbonyl (C=O) groups excluding carboxylic acids is 2. The van der Waals surface area contributed by atoms with E-state index >= 15 is 0 Å². The number of hydrogen-bond donors (Lipinski definition) is 1. The number of para-hydroxylation sites is 2. The number of carbonyl (C=O) groups is 2. The molecule has 158 valence electrons. The highest BCUT2D eigenvalue weighted by molar-refractivity contribution is 8.00. The zero-order valence-electron chi connectivity index (χ0n) is 16.6. The van der Waals surface area contributed by atoms with Gasteiger partial charge in [-0.25, -0.2) is 9.18 Å². The first-order chi connectivity index (χ1) is 14.6. The minimum absolute atomic E-state index is 0.00378. The number of halogens is 1. The summed E-state index contributed by atoms with van der Waals surface area (Å²) in [5.74, 6) is 1.05. The molecule has 6 nitrogen and oxygen atoms in total. The molecule has 2 heterocycles. The number of rotatable bonds is 4. The van der Waals surface area contributed by atoms with Crippen molar-refractivity contribution in [3.05, 3.63) is 60.4 Å². The summed E-state index contributed by atoms with van der Waals surface area (Å²) in [5, 5.41) is 2.64. The molecule has 0 saturated carbocycles. The Hall–Kier alpha value is -2.74. The van der Waals surface area contributed by atoms with Crippen LogP contribution in [-0.4, -0.2) is 58.6 Å². The summed E-state index contributed by atoms with van der Waals surface area (Å²) in [6.07, 6.45) is 1.36. The molecule has 0 aliphatic carbocycles. The topological polar surface area (TPSA) is 61.9 Å². The van der Waals surface area contributed by atoms with Crippen LogP contribution in [0.15, 0.2) is 54.6 Å². The van der Waals surface area contributed by atoms with Crippen LogP contribution in [0, 0.1) is 5.82 Å². The molecule has 2 aromatic rings. The van der Waals surface area contributed by atoms with Gasteiger partial charge in [0.05, 0.1) is 10.6 Å². The average molecular weight is 430 g/mol. The standard InChI is InChI=1S/C22H24FN3O3S/c23-18-8-4-5-9-19(18)24-21(28)25-12-10-22(11-13-25)26(14-15-30-22)20(27)16-29-17-6-2-1-3-7-17/h1-9H,10-16H2,(H,24,28). The highest BCUT2D eigenvalue weighted by Gasteiger charge is 2.46. The fourth-order valence-corrected chi connectivity index (χ4v) is 5.40. The van der Waals surface area contributed by atoms with Crippen LogP contribution in [0.3, 0.4) is 0 Å². The highest BCUT2D eigenvalue weighted by atomic mass is 32.2. The lowest BCUT2D eigenvalue weighted by Gasteiger charge is -2.43. The van der Waals surface area contributed by atoms with Crippen molar-refractivity contribution in [1.82, 2.24) is 9.80 Å². The molecule has 2 saturated heterocycles. The maximum Gasteiger partial charge on any atom is 0.321 e. The van der Waals surface area contributed by atoms with Gasteiger partial charge in [-0.2, -0.15) is 0 Å². The number of anilines is 1. The summed E-state index contributed by atoms with van der Waals surface area (Å²) >= 11 is 1.78. The number of nitrogens with zero attached hydrogens (tertiary/aromatic N) is 2. The maximum atomic E-state index is 13.8. The van der Waals surface area contributed by atoms with Crippen LogP contribution in [-0.2, 0) is 4.79 Å². The van der Waals surface area contributed by atoms with Gasteiger partial charge in [-0.15, -0.1) is 11.8 Å². The van der Waals surface area contributed by atoms with E-state index in [0.717, 1.165) is 5.75 Å². The Balaban J connectivity index is 1.33. The molecule has 30 heavy (non-hydrogen) atoms. The zero-order valence-corrected chi connectivity index (χ0v) is 17.4. The number of piperidine rings is 1. The molecule has 1 N–H and O–H groups in total. The van der Waals surface area contributed by atoms with Crippen molar-refractivity contribution >= 4 is 29.4 Å². The first-order valence-corrected chi connectivity index (χ1v) is 11.0. The maximum absolute atomic E-state index is 13.8. The molecule has 4 rings (SSSR count). The van der Waals surface area contributed by atoms with Crippen LogP contribution < -0.4 is 10.1 Å². The van der Waals surface area contributed by atoms with E-state index in [9.17, 15) is 14.0 Å². The van der Waals surface area contributed by atoms with E-state index < -0.39 is 5.82 Å². The van der Waals surface area contributed by atoms with Crippen LogP contribution in [0.2, 0.25) is 0 Å². The Kier molecular flexibility index (Phi) is 6.13. The third-order valence-corrected chi connectivity index (χ3v) is 7.08. The molecule has 0 radical (unpaired) electrons. The fourth-order valence-electron chi connectivity index (χ4n) is 3.93. The fraction of sp³-hybridized carbons (Fsp3) is 0.364. The molecular weight excluding hydrogens is 405 g/mol. The molecule has 0 atom stereocenters. The smallest absolute Gasteiger partial charge is 0.321 e. The highest BCUT2D eigenvalue weighted by Crippen LogP contribution is 2.44. The van der Waals surface area contributed by atoms with E-state index in [1.54, 1.807) is 34.9 Å². The van der Waals surface area contributed by atoms with Gasteiger partial charge >= 0.3 is 6.03 Å². The zero-order chi connectivity index (χ0) is 21.0. The third-order valence-electron chi connectivity index (χ3n) is 5.53. The van der Waals surface area contributed by atoms with Crippen LogP contribution in [0.5, 0.6) is 5.75 Å². The van der Waals surface area contributed by atoms with Crippen molar-refractivity contribution in [1.29, 1.82) is 0 Å². The molecule has 0 aromatic heterocycles. The van der Waals surface area contributed by atoms with Gasteiger partial charge in [-0.05, 0) is 37.1 Å². The van der Waals surface area contributed by atoms with E-state index in [1.807, 2.05) is 35.2 Å².